The van der Waals surface area contributed by atoms with Crippen molar-refractivity contribution in [2.45, 2.75) is 4.90 Å². The van der Waals surface area contributed by atoms with E-state index in [0.29, 0.717) is 11.3 Å². The van der Waals surface area contributed by atoms with Gasteiger partial charge in [0.15, 0.2) is 0 Å². The van der Waals surface area contributed by atoms with E-state index in [9.17, 15) is 13.2 Å². The van der Waals surface area contributed by atoms with Crippen LogP contribution in [-0.2, 0) is 10.0 Å². The van der Waals surface area contributed by atoms with E-state index in [1.54, 1.807) is 30.3 Å². The van der Waals surface area contributed by atoms with Crippen molar-refractivity contribution in [1.29, 1.82) is 5.26 Å². The van der Waals surface area contributed by atoms with Gasteiger partial charge in [0, 0.05) is 0 Å². The van der Waals surface area contributed by atoms with Crippen molar-refractivity contribution in [2.24, 2.45) is 0 Å². The first-order valence-electron chi connectivity index (χ1n) is 8.97. The van der Waals surface area contributed by atoms with Crippen molar-refractivity contribution in [2.75, 3.05) is 10.8 Å². The van der Waals surface area contributed by atoms with Gasteiger partial charge in [0.1, 0.15) is 5.75 Å². The summed E-state index contributed by atoms with van der Waals surface area (Å²) in [5.74, 6) is -0.448. The highest BCUT2D eigenvalue weighted by atomic mass is 32.2. The van der Waals surface area contributed by atoms with E-state index in [4.69, 9.17) is 10.00 Å². The minimum absolute atomic E-state index is 0.0394. The average Bonchev–Trinajstić information content (AvgIpc) is 2.78. The number of nitriles is 1. The minimum Gasteiger partial charge on any atom is -0.423 e. The topological polar surface area (TPSA) is 87.5 Å². The third-order valence-electron chi connectivity index (χ3n) is 4.19. The standard InChI is InChI=1S/C23H18N2O4S/c1-2-15-25(20-8-4-3-5-9-20)30(27,28)22-10-6-7-19(16-22)23(26)29-21-13-11-18(17-24)12-14-21/h2-14,16H,1,15H2. The maximum absolute atomic E-state index is 13.2. The molecule has 0 aromatic heterocycles. The SMILES string of the molecule is C=CCN(c1ccccc1)S(=O)(=O)c1cccc(C(=O)Oc2ccc(C#N)cc2)c1. The summed E-state index contributed by atoms with van der Waals surface area (Å²) in [6, 6.07) is 22.3. The molecule has 3 rings (SSSR count). The van der Waals surface area contributed by atoms with E-state index in [1.165, 1.54) is 58.9 Å². The van der Waals surface area contributed by atoms with Crippen LogP contribution in [0.4, 0.5) is 5.69 Å². The third kappa shape index (κ3) is 4.57. The Balaban J connectivity index is 1.89. The smallest absolute Gasteiger partial charge is 0.343 e. The molecule has 7 heteroatoms. The normalized spacial score (nSPS) is 10.6. The van der Waals surface area contributed by atoms with Crippen LogP contribution in [0.3, 0.4) is 0 Å². The summed E-state index contributed by atoms with van der Waals surface area (Å²) in [7, 11) is -3.94. The van der Waals surface area contributed by atoms with Crippen LogP contribution in [0.1, 0.15) is 15.9 Å². The number of carbonyl (C=O) groups excluding carboxylic acids is 1. The summed E-state index contributed by atoms with van der Waals surface area (Å²) in [6.45, 7) is 3.71. The maximum atomic E-state index is 13.2. The second-order valence-corrected chi connectivity index (χ2v) is 8.08. The van der Waals surface area contributed by atoms with Crippen LogP contribution >= 0.6 is 0 Å². The van der Waals surface area contributed by atoms with E-state index in [0.717, 1.165) is 0 Å². The Morgan fingerprint density at radius 3 is 2.37 bits per heavy atom. The molecule has 3 aromatic carbocycles. The molecule has 0 amide bonds. The number of benzene rings is 3. The molecule has 0 N–H and O–H groups in total. The summed E-state index contributed by atoms with van der Waals surface area (Å²) in [5, 5.41) is 8.84. The Labute approximate surface area is 175 Å². The fraction of sp³-hybridized carbons (Fsp3) is 0.0435. The lowest BCUT2D eigenvalue weighted by molar-refractivity contribution is 0.0734. The van der Waals surface area contributed by atoms with Crippen LogP contribution in [0.5, 0.6) is 5.75 Å². The van der Waals surface area contributed by atoms with Gasteiger partial charge in [0.05, 0.1) is 34.3 Å². The van der Waals surface area contributed by atoms with Crippen LogP contribution in [-0.4, -0.2) is 20.9 Å². The first-order chi connectivity index (χ1) is 14.5. The number of ether oxygens (including phenoxy) is 1. The predicted molar refractivity (Wildman–Crippen MR) is 114 cm³/mol. The van der Waals surface area contributed by atoms with Crippen molar-refractivity contribution in [3.05, 3.63) is 103 Å². The van der Waals surface area contributed by atoms with Crippen molar-refractivity contribution in [3.8, 4) is 11.8 Å². The number of sulfonamides is 1. The van der Waals surface area contributed by atoms with Crippen LogP contribution in [0.25, 0.3) is 0 Å². The largest absolute Gasteiger partial charge is 0.423 e. The van der Waals surface area contributed by atoms with Gasteiger partial charge in [-0.2, -0.15) is 5.26 Å². The quantitative estimate of drug-likeness (QED) is 0.327. The Kier molecular flexibility index (Phi) is 6.30. The highest BCUT2D eigenvalue weighted by molar-refractivity contribution is 7.92. The third-order valence-corrected chi connectivity index (χ3v) is 5.98. The van der Waals surface area contributed by atoms with Crippen LogP contribution in [0.2, 0.25) is 0 Å². The first kappa shape index (κ1) is 20.8. The van der Waals surface area contributed by atoms with Gasteiger partial charge in [0.2, 0.25) is 0 Å². The molecule has 6 nitrogen and oxygen atoms in total. The Hall–Kier alpha value is -3.89. The fourth-order valence-corrected chi connectivity index (χ4v) is 4.21. The molecule has 0 spiro atoms. The summed E-state index contributed by atoms with van der Waals surface area (Å²) in [4.78, 5) is 12.5. The van der Waals surface area contributed by atoms with E-state index in [2.05, 4.69) is 6.58 Å². The highest BCUT2D eigenvalue weighted by Crippen LogP contribution is 2.24. The molecule has 3 aromatic rings. The van der Waals surface area contributed by atoms with Gasteiger partial charge in [0.25, 0.3) is 10.0 Å². The Morgan fingerprint density at radius 2 is 1.73 bits per heavy atom. The number of rotatable bonds is 7. The van der Waals surface area contributed by atoms with Gasteiger partial charge in [-0.05, 0) is 54.6 Å². The molecule has 150 valence electrons. The fourth-order valence-electron chi connectivity index (χ4n) is 2.73. The van der Waals surface area contributed by atoms with Crippen molar-refractivity contribution in [1.82, 2.24) is 0 Å². The minimum atomic E-state index is -3.94. The molecule has 0 bridgehead atoms. The summed E-state index contributed by atoms with van der Waals surface area (Å²) in [6.07, 6.45) is 1.49. The lowest BCUT2D eigenvalue weighted by atomic mass is 10.2. The van der Waals surface area contributed by atoms with Gasteiger partial charge < -0.3 is 4.74 Å². The van der Waals surface area contributed by atoms with Gasteiger partial charge in [-0.15, -0.1) is 6.58 Å². The van der Waals surface area contributed by atoms with Crippen molar-refractivity contribution in [3.63, 3.8) is 0 Å². The Bertz CT molecular complexity index is 1200. The number of esters is 1. The number of hydrogen-bond acceptors (Lipinski definition) is 5. The Morgan fingerprint density at radius 1 is 1.03 bits per heavy atom. The molecule has 0 saturated carbocycles. The molecule has 0 aliphatic heterocycles. The average molecular weight is 418 g/mol. The highest BCUT2D eigenvalue weighted by Gasteiger charge is 2.25. The predicted octanol–water partition coefficient (Wildman–Crippen LogP) is 4.16. The first-order valence-corrected chi connectivity index (χ1v) is 10.4. The van der Waals surface area contributed by atoms with Gasteiger partial charge in [-0.3, -0.25) is 4.31 Å². The lowest BCUT2D eigenvalue weighted by Crippen LogP contribution is -2.31. The summed E-state index contributed by atoms with van der Waals surface area (Å²) >= 11 is 0. The van der Waals surface area contributed by atoms with E-state index in [-0.39, 0.29) is 22.8 Å². The molecule has 0 fully saturated rings. The van der Waals surface area contributed by atoms with Gasteiger partial charge in [-0.1, -0.05) is 30.3 Å². The zero-order chi connectivity index (χ0) is 21.6. The second kappa shape index (κ2) is 9.07. The molecule has 0 aliphatic carbocycles. The van der Waals surface area contributed by atoms with Gasteiger partial charge >= 0.3 is 5.97 Å². The molecular formula is C23H18N2O4S. The summed E-state index contributed by atoms with van der Waals surface area (Å²) < 4.78 is 32.9. The van der Waals surface area contributed by atoms with Crippen molar-refractivity contribution < 1.29 is 17.9 Å². The maximum Gasteiger partial charge on any atom is 0.343 e. The number of hydrogen-bond donors (Lipinski definition) is 0. The monoisotopic (exact) mass is 418 g/mol. The molecule has 0 aliphatic rings. The molecule has 0 atom stereocenters. The summed E-state index contributed by atoms with van der Waals surface area (Å²) in [5.41, 5.74) is 1.01. The number of anilines is 1. The molecule has 0 heterocycles. The molecule has 30 heavy (non-hydrogen) atoms. The second-order valence-electron chi connectivity index (χ2n) is 6.21. The number of carbonyl (C=O) groups is 1. The van der Waals surface area contributed by atoms with Crippen LogP contribution in [0.15, 0.2) is 96.4 Å². The van der Waals surface area contributed by atoms with Crippen molar-refractivity contribution >= 4 is 21.7 Å². The lowest BCUT2D eigenvalue weighted by Gasteiger charge is -2.23. The molecule has 0 radical (unpaired) electrons. The van der Waals surface area contributed by atoms with Crippen LogP contribution < -0.4 is 9.04 Å². The number of para-hydroxylation sites is 1. The zero-order valence-electron chi connectivity index (χ0n) is 15.9. The molecule has 0 unspecified atom stereocenters. The molecular weight excluding hydrogens is 400 g/mol. The number of nitrogens with zero attached hydrogens (tertiary/aromatic N) is 2. The van der Waals surface area contributed by atoms with E-state index in [1.807, 2.05) is 6.07 Å². The van der Waals surface area contributed by atoms with E-state index >= 15 is 0 Å². The van der Waals surface area contributed by atoms with Gasteiger partial charge in [-0.25, -0.2) is 13.2 Å². The van der Waals surface area contributed by atoms with Crippen LogP contribution in [0, 0.1) is 11.3 Å². The molecule has 0 saturated heterocycles. The zero-order valence-corrected chi connectivity index (χ0v) is 16.7. The van der Waals surface area contributed by atoms with E-state index < -0.39 is 16.0 Å².